The number of nitrogens with one attached hydrogen (secondary N) is 2. The van der Waals surface area contributed by atoms with E-state index < -0.39 is 6.04 Å². The standard InChI is InChI=1S/C21H24N4O2S/c1-14(2)19(24-20(26)18-5-4-12-28-18)21(27)23-15(3)16-6-8-17(9-7-16)25-11-10-22-13-25/h4-15,19H,1-3H3,(H,23,27)(H,24,26)/t15-,19+/m1/s1. The lowest BCUT2D eigenvalue weighted by atomic mass is 10.0. The van der Waals surface area contributed by atoms with Gasteiger partial charge < -0.3 is 15.2 Å². The number of benzene rings is 1. The Morgan fingerprint density at radius 1 is 1.07 bits per heavy atom. The second-order valence-electron chi connectivity index (χ2n) is 6.96. The number of hydrogen-bond acceptors (Lipinski definition) is 4. The highest BCUT2D eigenvalue weighted by atomic mass is 32.1. The average molecular weight is 397 g/mol. The third kappa shape index (κ3) is 4.67. The van der Waals surface area contributed by atoms with E-state index in [-0.39, 0.29) is 23.8 Å². The van der Waals surface area contributed by atoms with Gasteiger partial charge in [0.2, 0.25) is 5.91 Å². The molecule has 2 heterocycles. The highest BCUT2D eigenvalue weighted by molar-refractivity contribution is 7.12. The number of amides is 2. The van der Waals surface area contributed by atoms with Gasteiger partial charge in [-0.3, -0.25) is 9.59 Å². The lowest BCUT2D eigenvalue weighted by molar-refractivity contribution is -0.124. The molecule has 2 amide bonds. The van der Waals surface area contributed by atoms with E-state index in [0.29, 0.717) is 4.88 Å². The van der Waals surface area contributed by atoms with Crippen LogP contribution < -0.4 is 10.6 Å². The molecule has 1 aromatic carbocycles. The van der Waals surface area contributed by atoms with Gasteiger partial charge in [0.15, 0.2) is 0 Å². The molecule has 0 bridgehead atoms. The van der Waals surface area contributed by atoms with Gasteiger partial charge in [0, 0.05) is 18.1 Å². The van der Waals surface area contributed by atoms with Gasteiger partial charge in [0.25, 0.3) is 5.91 Å². The lowest BCUT2D eigenvalue weighted by Crippen LogP contribution is -2.50. The summed E-state index contributed by atoms with van der Waals surface area (Å²) in [6.07, 6.45) is 5.35. The van der Waals surface area contributed by atoms with Crippen molar-refractivity contribution in [2.75, 3.05) is 0 Å². The maximum atomic E-state index is 12.8. The van der Waals surface area contributed by atoms with Crippen LogP contribution in [0.15, 0.2) is 60.5 Å². The first-order valence-corrected chi connectivity index (χ1v) is 10.1. The van der Waals surface area contributed by atoms with Gasteiger partial charge in [-0.1, -0.05) is 32.0 Å². The molecule has 0 spiro atoms. The van der Waals surface area contributed by atoms with Gasteiger partial charge in [-0.25, -0.2) is 4.98 Å². The Morgan fingerprint density at radius 2 is 1.82 bits per heavy atom. The zero-order valence-electron chi connectivity index (χ0n) is 16.1. The van der Waals surface area contributed by atoms with E-state index in [4.69, 9.17) is 0 Å². The number of carbonyl (C=O) groups is 2. The Morgan fingerprint density at radius 3 is 2.39 bits per heavy atom. The van der Waals surface area contributed by atoms with Crippen molar-refractivity contribution >= 4 is 23.2 Å². The molecule has 0 saturated heterocycles. The summed E-state index contributed by atoms with van der Waals surface area (Å²) in [5.41, 5.74) is 1.99. The third-order valence-electron chi connectivity index (χ3n) is 4.54. The van der Waals surface area contributed by atoms with Crippen LogP contribution in [0.25, 0.3) is 5.69 Å². The lowest BCUT2D eigenvalue weighted by Gasteiger charge is -2.24. The van der Waals surface area contributed by atoms with Crippen molar-refractivity contribution < 1.29 is 9.59 Å². The van der Waals surface area contributed by atoms with Gasteiger partial charge >= 0.3 is 0 Å². The fourth-order valence-corrected chi connectivity index (χ4v) is 3.52. The van der Waals surface area contributed by atoms with Crippen LogP contribution in [0.1, 0.15) is 42.0 Å². The molecule has 0 saturated carbocycles. The number of imidazole rings is 1. The van der Waals surface area contributed by atoms with Crippen LogP contribution in [-0.4, -0.2) is 27.4 Å². The highest BCUT2D eigenvalue weighted by Crippen LogP contribution is 2.17. The van der Waals surface area contributed by atoms with Crippen molar-refractivity contribution in [1.82, 2.24) is 20.2 Å². The molecule has 3 aromatic rings. The SMILES string of the molecule is CC(C)[C@H](NC(=O)c1cccs1)C(=O)N[C@H](C)c1ccc(-n2ccnc2)cc1. The third-order valence-corrected chi connectivity index (χ3v) is 5.40. The van der Waals surface area contributed by atoms with Gasteiger partial charge in [-0.05, 0) is 42.0 Å². The Balaban J connectivity index is 1.64. The predicted octanol–water partition coefficient (Wildman–Crippen LogP) is 3.57. The quantitative estimate of drug-likeness (QED) is 0.641. The molecule has 0 aliphatic heterocycles. The van der Waals surface area contributed by atoms with Crippen LogP contribution in [0.2, 0.25) is 0 Å². The van der Waals surface area contributed by atoms with Gasteiger partial charge in [-0.15, -0.1) is 11.3 Å². The van der Waals surface area contributed by atoms with E-state index in [1.807, 2.05) is 67.2 Å². The number of hydrogen-bond donors (Lipinski definition) is 2. The second-order valence-corrected chi connectivity index (χ2v) is 7.91. The van der Waals surface area contributed by atoms with Crippen molar-refractivity contribution in [3.63, 3.8) is 0 Å². The van der Waals surface area contributed by atoms with Crippen molar-refractivity contribution in [2.24, 2.45) is 5.92 Å². The van der Waals surface area contributed by atoms with Crippen LogP contribution in [0.4, 0.5) is 0 Å². The number of thiophene rings is 1. The summed E-state index contributed by atoms with van der Waals surface area (Å²) in [7, 11) is 0. The minimum Gasteiger partial charge on any atom is -0.348 e. The smallest absolute Gasteiger partial charge is 0.262 e. The number of nitrogens with zero attached hydrogens (tertiary/aromatic N) is 2. The maximum Gasteiger partial charge on any atom is 0.262 e. The molecule has 3 rings (SSSR count). The first-order valence-electron chi connectivity index (χ1n) is 9.18. The van der Waals surface area contributed by atoms with E-state index in [0.717, 1.165) is 11.3 Å². The van der Waals surface area contributed by atoms with Crippen molar-refractivity contribution in [1.29, 1.82) is 0 Å². The monoisotopic (exact) mass is 396 g/mol. The first-order chi connectivity index (χ1) is 13.5. The molecular formula is C21H24N4O2S. The second kappa shape index (κ2) is 8.84. The van der Waals surface area contributed by atoms with E-state index in [2.05, 4.69) is 15.6 Å². The number of aromatic nitrogens is 2. The first kappa shape index (κ1) is 19.8. The molecule has 0 fully saturated rings. The molecule has 0 aliphatic rings. The normalized spacial score (nSPS) is 13.1. The minimum atomic E-state index is -0.595. The molecule has 2 atom stereocenters. The summed E-state index contributed by atoms with van der Waals surface area (Å²) in [6.45, 7) is 5.77. The minimum absolute atomic E-state index is 0.0280. The maximum absolute atomic E-state index is 12.8. The summed E-state index contributed by atoms with van der Waals surface area (Å²) >= 11 is 1.36. The Bertz CT molecular complexity index is 903. The summed E-state index contributed by atoms with van der Waals surface area (Å²) in [4.78, 5) is 29.8. The number of carbonyl (C=O) groups excluding carboxylic acids is 2. The topological polar surface area (TPSA) is 76.0 Å². The molecule has 6 nitrogen and oxygen atoms in total. The van der Waals surface area contributed by atoms with Crippen molar-refractivity contribution in [3.05, 3.63) is 70.9 Å². The molecule has 146 valence electrons. The van der Waals surface area contributed by atoms with Crippen molar-refractivity contribution in [2.45, 2.75) is 32.9 Å². The van der Waals surface area contributed by atoms with E-state index >= 15 is 0 Å². The Kier molecular flexibility index (Phi) is 6.26. The zero-order valence-corrected chi connectivity index (χ0v) is 16.9. The molecule has 28 heavy (non-hydrogen) atoms. The summed E-state index contributed by atoms with van der Waals surface area (Å²) in [5, 5.41) is 7.71. The Hall–Kier alpha value is -2.93. The van der Waals surface area contributed by atoms with Crippen LogP contribution in [0, 0.1) is 5.92 Å². The van der Waals surface area contributed by atoms with Crippen LogP contribution in [-0.2, 0) is 4.79 Å². The molecule has 0 radical (unpaired) electrons. The van der Waals surface area contributed by atoms with E-state index in [1.165, 1.54) is 11.3 Å². The largest absolute Gasteiger partial charge is 0.348 e. The van der Waals surface area contributed by atoms with Gasteiger partial charge in [0.05, 0.1) is 17.2 Å². The van der Waals surface area contributed by atoms with Gasteiger partial charge in [-0.2, -0.15) is 0 Å². The van der Waals surface area contributed by atoms with Crippen LogP contribution in [0.5, 0.6) is 0 Å². The number of rotatable bonds is 7. The fraction of sp³-hybridized carbons (Fsp3) is 0.286. The van der Waals surface area contributed by atoms with Gasteiger partial charge in [0.1, 0.15) is 6.04 Å². The molecule has 2 aromatic heterocycles. The summed E-state index contributed by atoms with van der Waals surface area (Å²) in [6, 6.07) is 10.7. The van der Waals surface area contributed by atoms with Crippen molar-refractivity contribution in [3.8, 4) is 5.69 Å². The molecule has 0 unspecified atom stereocenters. The van der Waals surface area contributed by atoms with E-state index in [9.17, 15) is 9.59 Å². The fourth-order valence-electron chi connectivity index (χ4n) is 2.89. The molecule has 0 aliphatic carbocycles. The predicted molar refractivity (Wildman–Crippen MR) is 111 cm³/mol. The van der Waals surface area contributed by atoms with Crippen LogP contribution in [0.3, 0.4) is 0 Å². The Labute approximate surface area is 168 Å². The molecule has 2 N–H and O–H groups in total. The summed E-state index contributed by atoms with van der Waals surface area (Å²) < 4.78 is 1.92. The molecular weight excluding hydrogens is 372 g/mol. The summed E-state index contributed by atoms with van der Waals surface area (Å²) in [5.74, 6) is -0.438. The molecule has 7 heteroatoms. The average Bonchev–Trinajstić information content (AvgIpc) is 3.39. The van der Waals surface area contributed by atoms with E-state index in [1.54, 1.807) is 18.6 Å². The highest BCUT2D eigenvalue weighted by Gasteiger charge is 2.26. The zero-order chi connectivity index (χ0) is 20.1. The van der Waals surface area contributed by atoms with Crippen LogP contribution >= 0.6 is 11.3 Å².